The molecule has 21 heavy (non-hydrogen) atoms. The summed E-state index contributed by atoms with van der Waals surface area (Å²) in [6, 6.07) is 0.546. The van der Waals surface area contributed by atoms with Crippen LogP contribution in [0.25, 0.3) is 0 Å². The third kappa shape index (κ3) is 3.99. The quantitative estimate of drug-likeness (QED) is 0.771. The molecule has 1 aromatic heterocycles. The number of rotatable bonds is 7. The first kappa shape index (κ1) is 14.9. The highest BCUT2D eigenvalue weighted by Crippen LogP contribution is 2.34. The van der Waals surface area contributed by atoms with Gasteiger partial charge in [0.15, 0.2) is 5.82 Å². The van der Waals surface area contributed by atoms with Gasteiger partial charge in [-0.1, -0.05) is 0 Å². The predicted molar refractivity (Wildman–Crippen MR) is 78.7 cm³/mol. The van der Waals surface area contributed by atoms with Crippen LogP contribution in [-0.2, 0) is 6.54 Å². The van der Waals surface area contributed by atoms with Crippen molar-refractivity contribution in [3.05, 3.63) is 5.82 Å². The molecule has 7 heteroatoms. The van der Waals surface area contributed by atoms with Crippen LogP contribution in [0.15, 0.2) is 0 Å². The maximum Gasteiger partial charge on any atom is 0.165 e. The van der Waals surface area contributed by atoms with Crippen molar-refractivity contribution in [2.45, 2.75) is 38.3 Å². The normalized spacial score (nSPS) is 21.3. The molecule has 1 aliphatic heterocycles. The van der Waals surface area contributed by atoms with Crippen LogP contribution in [0.4, 0.5) is 0 Å². The largest absolute Gasteiger partial charge is 0.395 e. The lowest BCUT2D eigenvalue weighted by atomic mass is 9.96. The molecule has 3 rings (SSSR count). The number of aliphatic hydroxyl groups excluding tert-OH is 1. The summed E-state index contributed by atoms with van der Waals surface area (Å²) >= 11 is 0. The second-order valence-electron chi connectivity index (χ2n) is 6.48. The summed E-state index contributed by atoms with van der Waals surface area (Å²) < 4.78 is 2.00. The Labute approximate surface area is 125 Å². The van der Waals surface area contributed by atoms with Gasteiger partial charge in [-0.05, 0) is 62.2 Å². The van der Waals surface area contributed by atoms with E-state index in [1.54, 1.807) is 0 Å². The molecule has 0 unspecified atom stereocenters. The minimum absolute atomic E-state index is 0.272. The van der Waals surface area contributed by atoms with Gasteiger partial charge in [0.05, 0.1) is 19.2 Å². The fourth-order valence-electron chi connectivity index (χ4n) is 3.20. The van der Waals surface area contributed by atoms with Crippen LogP contribution < -0.4 is 0 Å². The molecule has 1 saturated heterocycles. The van der Waals surface area contributed by atoms with Crippen molar-refractivity contribution < 1.29 is 5.11 Å². The van der Waals surface area contributed by atoms with E-state index in [4.69, 9.17) is 5.11 Å². The number of aromatic nitrogens is 4. The molecule has 0 radical (unpaired) electrons. The highest BCUT2D eigenvalue weighted by atomic mass is 16.3. The monoisotopic (exact) mass is 294 g/mol. The molecule has 0 atom stereocenters. The van der Waals surface area contributed by atoms with E-state index in [0.29, 0.717) is 6.04 Å². The highest BCUT2D eigenvalue weighted by Gasteiger charge is 2.28. The molecule has 0 amide bonds. The van der Waals surface area contributed by atoms with Gasteiger partial charge in [0.2, 0.25) is 0 Å². The van der Waals surface area contributed by atoms with E-state index in [0.717, 1.165) is 44.5 Å². The van der Waals surface area contributed by atoms with Crippen LogP contribution in [0, 0.1) is 5.92 Å². The molecular formula is C14H26N6O. The molecule has 2 heterocycles. The van der Waals surface area contributed by atoms with Crippen molar-refractivity contribution in [3.8, 4) is 0 Å². The summed E-state index contributed by atoms with van der Waals surface area (Å²) in [5.74, 6) is 1.74. The summed E-state index contributed by atoms with van der Waals surface area (Å²) in [5, 5.41) is 21.1. The summed E-state index contributed by atoms with van der Waals surface area (Å²) in [6.07, 6.45) is 4.87. The van der Waals surface area contributed by atoms with E-state index in [-0.39, 0.29) is 6.61 Å². The first-order valence-corrected chi connectivity index (χ1v) is 8.04. The SMILES string of the molecule is CN(Cc1nnnn1C1CC1)CC1CCN(CCO)CC1. The Morgan fingerprint density at radius 3 is 2.67 bits per heavy atom. The number of hydrogen-bond acceptors (Lipinski definition) is 6. The van der Waals surface area contributed by atoms with Crippen LogP contribution >= 0.6 is 0 Å². The standard InChI is InChI=1S/C14H26N6O/c1-18(10-12-4-6-19(7-5-12)8-9-21)11-14-15-16-17-20(14)13-2-3-13/h12-13,21H,2-11H2,1H3. The van der Waals surface area contributed by atoms with Crippen molar-refractivity contribution >= 4 is 0 Å². The number of nitrogens with zero attached hydrogens (tertiary/aromatic N) is 6. The molecule has 0 aromatic carbocycles. The van der Waals surface area contributed by atoms with E-state index in [9.17, 15) is 0 Å². The van der Waals surface area contributed by atoms with Crippen molar-refractivity contribution in [1.29, 1.82) is 0 Å². The molecule has 1 aliphatic carbocycles. The lowest BCUT2D eigenvalue weighted by molar-refractivity contribution is 0.128. The molecular weight excluding hydrogens is 268 g/mol. The number of aliphatic hydroxyl groups is 1. The molecule has 118 valence electrons. The van der Waals surface area contributed by atoms with Crippen LogP contribution in [-0.4, -0.2) is 74.9 Å². The maximum atomic E-state index is 8.98. The zero-order valence-electron chi connectivity index (χ0n) is 12.9. The number of likely N-dealkylation sites (tertiary alicyclic amines) is 1. The molecule has 2 fully saturated rings. The molecule has 0 spiro atoms. The van der Waals surface area contributed by atoms with Gasteiger partial charge in [0.25, 0.3) is 0 Å². The second-order valence-corrected chi connectivity index (χ2v) is 6.48. The average Bonchev–Trinajstić information content (AvgIpc) is 3.22. The van der Waals surface area contributed by atoms with E-state index in [2.05, 4.69) is 32.4 Å². The highest BCUT2D eigenvalue weighted by molar-refractivity contribution is 4.90. The molecule has 2 aliphatic rings. The Kier molecular flexibility index (Phi) is 4.82. The summed E-state index contributed by atoms with van der Waals surface area (Å²) in [7, 11) is 2.16. The van der Waals surface area contributed by atoms with Crippen LogP contribution in [0.3, 0.4) is 0 Å². The van der Waals surface area contributed by atoms with E-state index >= 15 is 0 Å². The minimum Gasteiger partial charge on any atom is -0.395 e. The third-order valence-electron chi connectivity index (χ3n) is 4.56. The number of β-amino-alcohol motifs (C(OH)–C–C–N with tert-alkyl or cyclic N) is 1. The van der Waals surface area contributed by atoms with Gasteiger partial charge in [0.1, 0.15) is 0 Å². The Morgan fingerprint density at radius 2 is 2.00 bits per heavy atom. The lowest BCUT2D eigenvalue weighted by Gasteiger charge is -2.33. The van der Waals surface area contributed by atoms with Gasteiger partial charge >= 0.3 is 0 Å². The van der Waals surface area contributed by atoms with Gasteiger partial charge in [-0.3, -0.25) is 4.90 Å². The van der Waals surface area contributed by atoms with Crippen LogP contribution in [0.1, 0.15) is 37.5 Å². The van der Waals surface area contributed by atoms with E-state index < -0.39 is 0 Å². The third-order valence-corrected chi connectivity index (χ3v) is 4.56. The first-order chi connectivity index (χ1) is 10.3. The summed E-state index contributed by atoms with van der Waals surface area (Å²) in [6.45, 7) is 5.25. The Balaban J connectivity index is 1.44. The number of tetrazole rings is 1. The first-order valence-electron chi connectivity index (χ1n) is 8.04. The van der Waals surface area contributed by atoms with Crippen molar-refractivity contribution in [3.63, 3.8) is 0 Å². The molecule has 1 aromatic rings. The zero-order valence-corrected chi connectivity index (χ0v) is 12.9. The van der Waals surface area contributed by atoms with Crippen molar-refractivity contribution in [2.75, 3.05) is 39.8 Å². The smallest absolute Gasteiger partial charge is 0.165 e. The van der Waals surface area contributed by atoms with E-state index in [1.807, 2.05) is 4.68 Å². The fraction of sp³-hybridized carbons (Fsp3) is 0.929. The van der Waals surface area contributed by atoms with Gasteiger partial charge < -0.3 is 10.0 Å². The van der Waals surface area contributed by atoms with Crippen molar-refractivity contribution in [2.24, 2.45) is 5.92 Å². The Hall–Kier alpha value is -1.05. The summed E-state index contributed by atoms with van der Waals surface area (Å²) in [4.78, 5) is 4.70. The molecule has 7 nitrogen and oxygen atoms in total. The summed E-state index contributed by atoms with van der Waals surface area (Å²) in [5.41, 5.74) is 0. The second kappa shape index (κ2) is 6.81. The molecule has 1 saturated carbocycles. The Bertz CT molecular complexity index is 438. The van der Waals surface area contributed by atoms with Crippen molar-refractivity contribution in [1.82, 2.24) is 30.0 Å². The molecule has 1 N–H and O–H groups in total. The molecule has 0 bridgehead atoms. The topological polar surface area (TPSA) is 70.3 Å². The maximum absolute atomic E-state index is 8.98. The Morgan fingerprint density at radius 1 is 1.24 bits per heavy atom. The van der Waals surface area contributed by atoms with Gasteiger partial charge in [0, 0.05) is 13.1 Å². The van der Waals surface area contributed by atoms with Gasteiger partial charge in [-0.25, -0.2) is 4.68 Å². The predicted octanol–water partition coefficient (Wildman–Crippen LogP) is 0.144. The van der Waals surface area contributed by atoms with E-state index in [1.165, 1.54) is 25.7 Å². The van der Waals surface area contributed by atoms with Gasteiger partial charge in [-0.15, -0.1) is 5.10 Å². The zero-order chi connectivity index (χ0) is 14.7. The minimum atomic E-state index is 0.272. The van der Waals surface area contributed by atoms with Gasteiger partial charge in [-0.2, -0.15) is 0 Å². The fourth-order valence-corrected chi connectivity index (χ4v) is 3.20. The van der Waals surface area contributed by atoms with Crippen LogP contribution in [0.5, 0.6) is 0 Å². The lowest BCUT2D eigenvalue weighted by Crippen LogP contribution is -2.39. The number of hydrogen-bond donors (Lipinski definition) is 1. The average molecular weight is 294 g/mol. The van der Waals surface area contributed by atoms with Crippen LogP contribution in [0.2, 0.25) is 0 Å². The number of piperidine rings is 1.